The van der Waals surface area contributed by atoms with E-state index in [9.17, 15) is 13.2 Å². The van der Waals surface area contributed by atoms with Crippen molar-refractivity contribution in [3.8, 4) is 11.5 Å². The smallest absolute Gasteiger partial charge is 0.339 e. The maximum atomic E-state index is 12.8. The van der Waals surface area contributed by atoms with Crippen LogP contribution in [0.1, 0.15) is 41.3 Å². The Morgan fingerprint density at radius 3 is 2.19 bits per heavy atom. The predicted molar refractivity (Wildman–Crippen MR) is 125 cm³/mol. The molecule has 0 saturated carbocycles. The summed E-state index contributed by atoms with van der Waals surface area (Å²) in [6, 6.07) is 15.9. The van der Waals surface area contributed by atoms with Crippen LogP contribution in [0.5, 0.6) is 11.5 Å². The summed E-state index contributed by atoms with van der Waals surface area (Å²) in [6.07, 6.45) is 0. The van der Waals surface area contributed by atoms with Crippen molar-refractivity contribution in [2.45, 2.75) is 31.6 Å². The quantitative estimate of drug-likeness (QED) is 0.438. The number of ether oxygens (including phenoxy) is 1. The van der Waals surface area contributed by atoms with Gasteiger partial charge < -0.3 is 14.2 Å². The molecular weight excluding hydrogens is 450 g/mol. The van der Waals surface area contributed by atoms with E-state index in [1.165, 1.54) is 24.3 Å². The van der Waals surface area contributed by atoms with Gasteiger partial charge >= 0.3 is 10.1 Å². The van der Waals surface area contributed by atoms with Gasteiger partial charge in [-0.2, -0.15) is 8.42 Å². The molecule has 0 spiro atoms. The summed E-state index contributed by atoms with van der Waals surface area (Å²) in [6.45, 7) is 5.61. The predicted octanol–water partition coefficient (Wildman–Crippen LogP) is 5.80. The topological polar surface area (TPSA) is 81.7 Å². The summed E-state index contributed by atoms with van der Waals surface area (Å²) in [5.74, 6) is 0.536. The van der Waals surface area contributed by atoms with Crippen LogP contribution in [-0.2, 0) is 10.1 Å². The van der Waals surface area contributed by atoms with E-state index in [4.69, 9.17) is 20.5 Å². The van der Waals surface area contributed by atoms with Crippen LogP contribution in [0.2, 0.25) is 5.02 Å². The zero-order chi connectivity index (χ0) is 23.5. The molecule has 0 heterocycles. The summed E-state index contributed by atoms with van der Waals surface area (Å²) >= 11 is 5.85. The second-order valence-corrected chi connectivity index (χ2v) is 9.52. The number of aryl methyl sites for hydroxylation is 1. The molecule has 0 atom stereocenters. The van der Waals surface area contributed by atoms with E-state index in [-0.39, 0.29) is 22.5 Å². The highest BCUT2D eigenvalue weighted by molar-refractivity contribution is 7.87. The fourth-order valence-electron chi connectivity index (χ4n) is 3.06. The van der Waals surface area contributed by atoms with E-state index in [0.717, 1.165) is 0 Å². The molecule has 0 saturated heterocycles. The van der Waals surface area contributed by atoms with Gasteiger partial charge in [0.15, 0.2) is 0 Å². The van der Waals surface area contributed by atoms with E-state index in [2.05, 4.69) is 5.32 Å². The lowest BCUT2D eigenvalue weighted by atomic mass is 9.99. The van der Waals surface area contributed by atoms with E-state index in [1.807, 2.05) is 13.8 Å². The minimum atomic E-state index is -4.05. The number of benzene rings is 3. The molecule has 32 heavy (non-hydrogen) atoms. The third-order valence-corrected chi connectivity index (χ3v) is 6.38. The minimum absolute atomic E-state index is 0.00569. The summed E-state index contributed by atoms with van der Waals surface area (Å²) in [7, 11) is -2.49. The fraction of sp³-hybridized carbons (Fsp3) is 0.208. The van der Waals surface area contributed by atoms with Crippen LogP contribution in [-0.4, -0.2) is 21.4 Å². The van der Waals surface area contributed by atoms with Crippen LogP contribution in [0.4, 0.5) is 5.69 Å². The van der Waals surface area contributed by atoms with Crippen molar-refractivity contribution in [1.82, 2.24) is 0 Å². The van der Waals surface area contributed by atoms with E-state index >= 15 is 0 Å². The molecule has 0 radical (unpaired) electrons. The van der Waals surface area contributed by atoms with Gasteiger partial charge in [-0.3, -0.25) is 4.79 Å². The van der Waals surface area contributed by atoms with Gasteiger partial charge in [0.25, 0.3) is 5.91 Å². The van der Waals surface area contributed by atoms with Crippen molar-refractivity contribution < 1.29 is 22.1 Å². The van der Waals surface area contributed by atoms with Crippen LogP contribution in [0.3, 0.4) is 0 Å². The molecule has 0 aliphatic heterocycles. The number of anilines is 1. The first-order valence-corrected chi connectivity index (χ1v) is 11.7. The number of amides is 1. The molecule has 3 aromatic rings. The van der Waals surface area contributed by atoms with Crippen molar-refractivity contribution in [1.29, 1.82) is 0 Å². The lowest BCUT2D eigenvalue weighted by Gasteiger charge is -2.18. The zero-order valence-electron chi connectivity index (χ0n) is 18.2. The number of halogens is 1. The first-order valence-electron chi connectivity index (χ1n) is 9.90. The number of hydrogen-bond donors (Lipinski definition) is 1. The molecule has 0 bridgehead atoms. The summed E-state index contributed by atoms with van der Waals surface area (Å²) in [5.41, 5.74) is 2.36. The maximum absolute atomic E-state index is 12.8. The summed E-state index contributed by atoms with van der Waals surface area (Å²) in [4.78, 5) is 12.7. The van der Waals surface area contributed by atoms with Crippen molar-refractivity contribution in [3.05, 3.63) is 82.4 Å². The SMILES string of the molecule is COc1ccc(C(=O)Nc2cc(C(C)C)c(OS(=O)(=O)c3ccc(Cl)cc3)cc2C)cc1. The Morgan fingerprint density at radius 2 is 1.62 bits per heavy atom. The average Bonchev–Trinajstić information content (AvgIpc) is 2.75. The van der Waals surface area contributed by atoms with E-state index < -0.39 is 10.1 Å². The molecule has 0 aromatic heterocycles. The van der Waals surface area contributed by atoms with Crippen LogP contribution in [0, 0.1) is 6.92 Å². The first-order chi connectivity index (χ1) is 15.1. The molecule has 8 heteroatoms. The Morgan fingerprint density at radius 1 is 1.00 bits per heavy atom. The number of methoxy groups -OCH3 is 1. The molecule has 1 N–H and O–H groups in total. The van der Waals surface area contributed by atoms with Crippen LogP contribution in [0.25, 0.3) is 0 Å². The maximum Gasteiger partial charge on any atom is 0.339 e. The van der Waals surface area contributed by atoms with Crippen LogP contribution >= 0.6 is 11.6 Å². The Labute approximate surface area is 193 Å². The normalized spacial score (nSPS) is 11.3. The Bertz CT molecular complexity index is 1220. The molecule has 0 aliphatic carbocycles. The molecule has 1 amide bonds. The monoisotopic (exact) mass is 473 g/mol. The van der Waals surface area contributed by atoms with Gasteiger partial charge in [-0.15, -0.1) is 0 Å². The van der Waals surface area contributed by atoms with Gasteiger partial charge in [-0.05, 0) is 79.1 Å². The molecule has 0 unspecified atom stereocenters. The number of rotatable bonds is 7. The number of nitrogens with one attached hydrogen (secondary N) is 1. The van der Waals surface area contributed by atoms with Gasteiger partial charge in [0.05, 0.1) is 7.11 Å². The standard InChI is InChI=1S/C24H24ClNO5S/c1-15(2)21-14-22(26-24(27)17-5-9-19(30-4)10-6-17)16(3)13-23(21)31-32(28,29)20-11-7-18(25)8-12-20/h5-15H,1-4H3,(H,26,27). The summed E-state index contributed by atoms with van der Waals surface area (Å²) in [5, 5.41) is 3.32. The van der Waals surface area contributed by atoms with Crippen molar-refractivity contribution in [3.63, 3.8) is 0 Å². The molecular formula is C24H24ClNO5S. The highest BCUT2D eigenvalue weighted by Gasteiger charge is 2.21. The number of hydrogen-bond acceptors (Lipinski definition) is 5. The minimum Gasteiger partial charge on any atom is -0.497 e. The van der Waals surface area contributed by atoms with Gasteiger partial charge in [-0.1, -0.05) is 25.4 Å². The third-order valence-electron chi connectivity index (χ3n) is 4.88. The van der Waals surface area contributed by atoms with Crippen molar-refractivity contribution in [2.75, 3.05) is 12.4 Å². The van der Waals surface area contributed by atoms with Gasteiger partial charge in [-0.25, -0.2) is 0 Å². The Kier molecular flexibility index (Phi) is 7.11. The van der Waals surface area contributed by atoms with Crippen LogP contribution < -0.4 is 14.2 Å². The Hall–Kier alpha value is -3.03. The largest absolute Gasteiger partial charge is 0.497 e. The fourth-order valence-corrected chi connectivity index (χ4v) is 4.13. The Balaban J connectivity index is 1.90. The second kappa shape index (κ2) is 9.63. The number of carbonyl (C=O) groups excluding carboxylic acids is 1. The molecule has 0 fully saturated rings. The lowest BCUT2D eigenvalue weighted by molar-refractivity contribution is 0.102. The summed E-state index contributed by atoms with van der Waals surface area (Å²) < 4.78 is 36.1. The van der Waals surface area contributed by atoms with E-state index in [1.54, 1.807) is 50.4 Å². The highest BCUT2D eigenvalue weighted by atomic mass is 35.5. The molecule has 168 valence electrons. The van der Waals surface area contributed by atoms with Crippen LogP contribution in [0.15, 0.2) is 65.6 Å². The second-order valence-electron chi connectivity index (χ2n) is 7.53. The third kappa shape index (κ3) is 5.41. The van der Waals surface area contributed by atoms with E-state index in [0.29, 0.717) is 33.1 Å². The average molecular weight is 474 g/mol. The molecule has 0 aliphatic rings. The zero-order valence-corrected chi connectivity index (χ0v) is 19.8. The van der Waals surface area contributed by atoms with Crippen molar-refractivity contribution >= 4 is 33.3 Å². The first kappa shape index (κ1) is 23.6. The number of carbonyl (C=O) groups is 1. The van der Waals surface area contributed by atoms with Gasteiger partial charge in [0.1, 0.15) is 16.4 Å². The molecule has 3 aromatic carbocycles. The molecule has 6 nitrogen and oxygen atoms in total. The van der Waals surface area contributed by atoms with Gasteiger partial charge in [0, 0.05) is 21.8 Å². The molecule has 3 rings (SSSR count). The highest BCUT2D eigenvalue weighted by Crippen LogP contribution is 2.34. The lowest BCUT2D eigenvalue weighted by Crippen LogP contribution is -2.15. The van der Waals surface area contributed by atoms with Gasteiger partial charge in [0.2, 0.25) is 0 Å². The van der Waals surface area contributed by atoms with Crippen molar-refractivity contribution in [2.24, 2.45) is 0 Å².